The number of carbonyl (C=O) groups excluding carboxylic acids is 10. The molecule has 7 aromatic rings. The van der Waals surface area contributed by atoms with Crippen LogP contribution in [0.1, 0.15) is 111 Å². The lowest BCUT2D eigenvalue weighted by molar-refractivity contribution is -0.334. The molecule has 23 N–H and O–H groups in total. The molecule has 8 heterocycles. The Morgan fingerprint density at radius 1 is 0.709 bits per heavy atom. The number of anilines is 1. The van der Waals surface area contributed by atoms with Gasteiger partial charge in [-0.05, 0) is 145 Å². The Morgan fingerprint density at radius 2 is 1.35 bits per heavy atom. The minimum Gasteiger partial charge on any atom is -0.508 e. The summed E-state index contributed by atoms with van der Waals surface area (Å²) in [5.41, 5.74) is 8.43. The summed E-state index contributed by atoms with van der Waals surface area (Å²) < 4.78 is 40.6. The van der Waals surface area contributed by atoms with Gasteiger partial charge in [0.2, 0.25) is 65.2 Å². The van der Waals surface area contributed by atoms with Crippen molar-refractivity contribution in [2.45, 2.75) is 163 Å². The molecule has 7 aliphatic rings. The zero-order chi connectivity index (χ0) is 91.9. The molecular weight excluding hydrogens is 1730 g/mol. The zero-order valence-electron chi connectivity index (χ0n) is 68.0. The van der Waals surface area contributed by atoms with Crippen molar-refractivity contribution in [3.8, 4) is 57.1 Å². The molecule has 11 bridgehead atoms. The predicted octanol–water partition coefficient (Wildman–Crippen LogP) is 0.748. The van der Waals surface area contributed by atoms with Crippen LogP contribution in [-0.4, -0.2) is 220 Å². The molecule has 676 valence electrons. The van der Waals surface area contributed by atoms with Crippen molar-refractivity contribution in [1.82, 2.24) is 57.6 Å². The number of aromatic nitrogens is 2. The van der Waals surface area contributed by atoms with E-state index < -0.39 is 277 Å². The number of halogens is 3. The van der Waals surface area contributed by atoms with Crippen LogP contribution in [-0.2, 0) is 73.5 Å². The summed E-state index contributed by atoms with van der Waals surface area (Å²) in [7, 11) is 1.46. The van der Waals surface area contributed by atoms with E-state index in [2.05, 4.69) is 52.8 Å². The molecule has 127 heavy (non-hydrogen) atoms. The molecule has 10 amide bonds. The van der Waals surface area contributed by atoms with Crippen LogP contribution < -0.4 is 84.7 Å². The Kier molecular flexibility index (Phi) is 29.8. The number of primary amides is 2. The van der Waals surface area contributed by atoms with Crippen LogP contribution in [0, 0.1) is 5.92 Å². The highest BCUT2D eigenvalue weighted by Gasteiger charge is 2.52. The van der Waals surface area contributed by atoms with E-state index in [0.29, 0.717) is 10.6 Å². The second kappa shape index (κ2) is 40.2. The highest BCUT2D eigenvalue weighted by atomic mass is 35.5. The lowest BCUT2D eigenvalue weighted by atomic mass is 9.85. The first-order valence-electron chi connectivity index (χ1n) is 39.5. The van der Waals surface area contributed by atoms with Crippen molar-refractivity contribution >= 4 is 106 Å². The van der Waals surface area contributed by atoms with Crippen LogP contribution >= 0.6 is 34.8 Å². The highest BCUT2D eigenvalue weighted by molar-refractivity contribution is 6.32. The van der Waals surface area contributed by atoms with Crippen molar-refractivity contribution in [2.24, 2.45) is 17.4 Å². The van der Waals surface area contributed by atoms with E-state index >= 15 is 24.0 Å². The Hall–Kier alpha value is -12.2. The molecule has 0 saturated carbocycles. The zero-order valence-corrected chi connectivity index (χ0v) is 70.3. The number of nitrogens with two attached hydrogens (primary N) is 2. The summed E-state index contributed by atoms with van der Waals surface area (Å²) in [5, 5.41) is 130. The lowest BCUT2D eigenvalue weighted by Gasteiger charge is -2.48. The number of aliphatic hydroxyl groups is 6. The SMILES string of the molecule is CN[C@H](CC(C)C)C(=O)N[C@H]1C(=O)N[C@@H](CC(N)=O)C(=O)N[C@H]2C(=O)N[C@H]3C(=O)N[C@H](C(=O)N[C@@H](C(=O)NOCC(N)=O)c4cc(O)cc(O)c4-c4cc3ccc4O)[C@H](O)c3ccc(c(Cl)c3)Oc3cc2cc(c3O[C@@H]2O[C@H](CO)[C@@H](O)[C@H](O)[C@H]2O[C@H]2C[C@](C)(NCCn3ccc(NC(=O)C=Cc4ccc(Cl)cc4)nc3=O)[C@H](O)[C@H](C)O2)Oc2ccc(cc2Cl)[C@H]1O. The standard InChI is InChI=1S/C83H91Cl3N14O27/c1-34(2)22-47(89-5)74(113)97-65-67(108)38-10-15-51(45(85)24-38)123-53-26-40-27-54(71(53)127-81-72(70(111)69(110)55(32-101)125-81)126-60-31-83(4,73(112)35(3)122-60)90-19-21-100-20-18-58(93-82(100)120)92-59(107)17-8-36-6-12-41(84)13-7-36)124-52-16-11-39(25-46(52)86)68(109)66-79(118)96-64(80(119)99-121-33-57(88)106)44-28-42(102)29-50(104)61(44)43-23-37(9-14-49(43)103)62(76(115)98-66)95-77(116)63(40)94-75(114)48(30-56(87)105)91-78(65)117/h6-18,20,23-29,34-35,47-48,55,60,62-70,72-73,81,89-90,101-104,108-112H,19,21-22,30-33H2,1-5H3,(H2,87,105)(H2,88,106)(H,91,117)(H,94,114)(H,95,116)(H,96,118)(H,97,113)(H,98,115)(H,99,119)(H,92,93,107,120)/t35-,47+,48-,55+,60-,62+,63+,64+,65+,66-,67+,68+,69+,70-,72+,73+,81-,83-/m0/s1. The number of likely N-dealkylation sites (N-methyl/N-ethyl adjacent to an activating group) is 1. The predicted molar refractivity (Wildman–Crippen MR) is 446 cm³/mol. The van der Waals surface area contributed by atoms with Crippen molar-refractivity contribution in [3.05, 3.63) is 180 Å². The van der Waals surface area contributed by atoms with Crippen molar-refractivity contribution in [3.63, 3.8) is 0 Å². The van der Waals surface area contributed by atoms with E-state index in [1.165, 1.54) is 55.1 Å². The van der Waals surface area contributed by atoms with Gasteiger partial charge in [0.1, 0.15) is 101 Å². The quantitative estimate of drug-likeness (QED) is 0.0310. The molecule has 1 aromatic heterocycles. The molecule has 18 atom stereocenters. The molecule has 0 spiro atoms. The van der Waals surface area contributed by atoms with Crippen LogP contribution in [0.25, 0.3) is 17.2 Å². The number of aromatic hydroxyl groups is 3. The van der Waals surface area contributed by atoms with Gasteiger partial charge >= 0.3 is 5.69 Å². The third kappa shape index (κ3) is 21.9. The number of rotatable bonds is 23. The number of fused-ring (bicyclic) bond motifs is 15. The fraction of sp³-hybridized carbons (Fsp3) is 0.373. The molecule has 0 aliphatic carbocycles. The first-order chi connectivity index (χ1) is 60.3. The summed E-state index contributed by atoms with van der Waals surface area (Å²) in [5.74, 6) is -17.9. The number of aliphatic hydroxyl groups excluding tert-OH is 6. The first-order valence-corrected chi connectivity index (χ1v) is 40.6. The molecule has 6 aromatic carbocycles. The van der Waals surface area contributed by atoms with Gasteiger partial charge in [-0.3, -0.25) is 57.4 Å². The third-order valence-corrected chi connectivity index (χ3v) is 22.3. The van der Waals surface area contributed by atoms with E-state index in [9.17, 15) is 74.7 Å². The topological polar surface area (TPSA) is 625 Å². The number of hydroxylamine groups is 1. The van der Waals surface area contributed by atoms with Gasteiger partial charge in [-0.1, -0.05) is 79.0 Å². The molecule has 0 unspecified atom stereocenters. The number of carbonyl (C=O) groups is 10. The van der Waals surface area contributed by atoms with Gasteiger partial charge in [0.15, 0.2) is 30.5 Å². The van der Waals surface area contributed by atoms with Crippen molar-refractivity contribution < 1.29 is 127 Å². The van der Waals surface area contributed by atoms with Crippen molar-refractivity contribution in [1.29, 1.82) is 0 Å². The third-order valence-electron chi connectivity index (χ3n) is 21.4. The molecule has 41 nitrogen and oxygen atoms in total. The summed E-state index contributed by atoms with van der Waals surface area (Å²) in [6.07, 6.45) is -15.6. The molecule has 2 saturated heterocycles. The maximum Gasteiger partial charge on any atom is 0.349 e. The Balaban J connectivity index is 0.998. The number of ether oxygens (including phenoxy) is 6. The molecule has 0 radical (unpaired) electrons. The van der Waals surface area contributed by atoms with E-state index in [1.54, 1.807) is 45.0 Å². The second-order valence-electron chi connectivity index (χ2n) is 31.1. The minimum atomic E-state index is -2.42. The van der Waals surface area contributed by atoms with Gasteiger partial charge in [-0.25, -0.2) is 10.3 Å². The molecule has 14 rings (SSSR count). The second-order valence-corrected chi connectivity index (χ2v) is 32.3. The Labute approximate surface area is 736 Å². The number of amides is 10. The van der Waals surface area contributed by atoms with E-state index in [1.807, 2.05) is 5.48 Å². The number of phenols is 3. The van der Waals surface area contributed by atoms with E-state index in [4.69, 9.17) is 79.5 Å². The number of phenolic OH excluding ortho intramolecular Hbond substituents is 3. The molecular formula is C83H91Cl3N14O27. The number of benzene rings is 6. The van der Waals surface area contributed by atoms with Crippen LogP contribution in [0.15, 0.2) is 126 Å². The number of nitrogens with zero attached hydrogens (tertiary/aromatic N) is 2. The number of hydrogen-bond donors (Lipinski definition) is 21. The van der Waals surface area contributed by atoms with E-state index in [-0.39, 0.29) is 48.8 Å². The smallest absolute Gasteiger partial charge is 0.349 e. The summed E-state index contributed by atoms with van der Waals surface area (Å²) in [6.45, 7) is 4.59. The molecule has 44 heteroatoms. The fourth-order valence-electron chi connectivity index (χ4n) is 14.9. The number of nitrogens with one attached hydrogen (secondary N) is 10. The largest absolute Gasteiger partial charge is 0.508 e. The lowest BCUT2D eigenvalue weighted by Crippen LogP contribution is -2.65. The Morgan fingerprint density at radius 3 is 1.98 bits per heavy atom. The normalized spacial score (nSPS) is 25.7. The maximum absolute atomic E-state index is 16.3. The monoisotopic (exact) mass is 1820 g/mol. The van der Waals surface area contributed by atoms with Gasteiger partial charge in [0.05, 0.1) is 41.3 Å². The number of hydrogen-bond acceptors (Lipinski definition) is 30. The van der Waals surface area contributed by atoms with Gasteiger partial charge in [0, 0.05) is 59.5 Å². The maximum atomic E-state index is 16.3. The first kappa shape index (κ1) is 94.0. The van der Waals surface area contributed by atoms with E-state index in [0.717, 1.165) is 66.7 Å². The Bertz CT molecular complexity index is 5480. The molecule has 7 aliphatic heterocycles. The summed E-state index contributed by atoms with van der Waals surface area (Å²) in [4.78, 5) is 167. The molecule has 2 fully saturated rings. The minimum absolute atomic E-state index is 0.0436. The summed E-state index contributed by atoms with van der Waals surface area (Å²) >= 11 is 20.3. The average Bonchev–Trinajstić information content (AvgIpc) is 0.763. The van der Waals surface area contributed by atoms with Crippen LogP contribution in [0.4, 0.5) is 5.82 Å². The van der Waals surface area contributed by atoms with Gasteiger partial charge < -0.3 is 134 Å². The van der Waals surface area contributed by atoms with Crippen LogP contribution in [0.5, 0.6) is 46.0 Å². The van der Waals surface area contributed by atoms with Gasteiger partial charge in [-0.15, -0.1) is 0 Å². The van der Waals surface area contributed by atoms with Gasteiger partial charge in [0.25, 0.3) is 5.91 Å². The van der Waals surface area contributed by atoms with Crippen LogP contribution in [0.2, 0.25) is 15.1 Å². The summed E-state index contributed by atoms with van der Waals surface area (Å²) in [6, 6.07) is 6.86. The fourth-order valence-corrected chi connectivity index (χ4v) is 15.5. The highest BCUT2D eigenvalue weighted by Crippen LogP contribution is 2.50. The van der Waals surface area contributed by atoms with Gasteiger partial charge in [-0.2, -0.15) is 4.98 Å². The van der Waals surface area contributed by atoms with Crippen LogP contribution in [0.3, 0.4) is 0 Å². The van der Waals surface area contributed by atoms with Crippen molar-refractivity contribution in [2.75, 3.05) is 32.1 Å². The average molecular weight is 1820 g/mol.